The van der Waals surface area contributed by atoms with E-state index in [0.717, 1.165) is 11.3 Å². The molecule has 0 aromatic heterocycles. The molecule has 2 aliphatic rings. The van der Waals surface area contributed by atoms with E-state index < -0.39 is 0 Å². The van der Waals surface area contributed by atoms with Gasteiger partial charge in [0.2, 0.25) is 0 Å². The van der Waals surface area contributed by atoms with Crippen molar-refractivity contribution in [3.63, 3.8) is 0 Å². The van der Waals surface area contributed by atoms with Gasteiger partial charge < -0.3 is 5.32 Å². The summed E-state index contributed by atoms with van der Waals surface area (Å²) in [5, 5.41) is 3.58. The van der Waals surface area contributed by atoms with E-state index in [1.807, 2.05) is 0 Å². The Morgan fingerprint density at radius 3 is 2.20 bits per heavy atom. The first-order valence-electron chi connectivity index (χ1n) is 4.29. The molecule has 0 radical (unpaired) electrons. The molecule has 0 aromatic carbocycles. The van der Waals surface area contributed by atoms with Crippen molar-refractivity contribution >= 4 is 0 Å². The molecule has 2 rings (SSSR count). The molecule has 1 nitrogen and oxygen atoms in total. The molecular formula is C9H17N. The van der Waals surface area contributed by atoms with Crippen molar-refractivity contribution in [1.29, 1.82) is 0 Å². The molecule has 10 heavy (non-hydrogen) atoms. The molecule has 0 bridgehead atoms. The van der Waals surface area contributed by atoms with E-state index in [1.54, 1.807) is 0 Å². The quantitative estimate of drug-likeness (QED) is 0.539. The molecule has 1 aliphatic heterocycles. The maximum atomic E-state index is 3.58. The lowest BCUT2D eigenvalue weighted by Crippen LogP contribution is -2.31. The van der Waals surface area contributed by atoms with Crippen LogP contribution in [0.25, 0.3) is 0 Å². The maximum Gasteiger partial charge on any atom is 0.0131 e. The Hall–Kier alpha value is -0.0400. The highest BCUT2D eigenvalue weighted by atomic mass is 15.0. The third-order valence-corrected chi connectivity index (χ3v) is 3.31. The van der Waals surface area contributed by atoms with Crippen LogP contribution in [0.3, 0.4) is 0 Å². The van der Waals surface area contributed by atoms with Crippen molar-refractivity contribution < 1.29 is 0 Å². The summed E-state index contributed by atoms with van der Waals surface area (Å²) in [6, 6.07) is 0. The van der Waals surface area contributed by atoms with Gasteiger partial charge in [-0.1, -0.05) is 6.92 Å². The van der Waals surface area contributed by atoms with Gasteiger partial charge in [-0.05, 0) is 38.0 Å². The van der Waals surface area contributed by atoms with E-state index in [9.17, 15) is 0 Å². The van der Waals surface area contributed by atoms with Gasteiger partial charge in [0.05, 0.1) is 0 Å². The minimum Gasteiger partial charge on any atom is -0.311 e. The molecule has 1 spiro atoms. The first-order valence-corrected chi connectivity index (χ1v) is 4.29. The Balaban J connectivity index is 2.08. The molecule has 0 amide bonds. The van der Waals surface area contributed by atoms with Crippen LogP contribution in [-0.4, -0.2) is 12.1 Å². The predicted octanol–water partition coefficient (Wildman–Crippen LogP) is 1.78. The fourth-order valence-electron chi connectivity index (χ4n) is 2.46. The van der Waals surface area contributed by atoms with Gasteiger partial charge in [-0.25, -0.2) is 0 Å². The van der Waals surface area contributed by atoms with Gasteiger partial charge in [-0.2, -0.15) is 0 Å². The summed E-state index contributed by atoms with van der Waals surface area (Å²) in [5.41, 5.74) is 1.15. The highest BCUT2D eigenvalue weighted by Crippen LogP contribution is 2.59. The molecule has 2 fully saturated rings. The SMILES string of the molecule is CC1CC12CNC(C)(C)C2. The van der Waals surface area contributed by atoms with E-state index >= 15 is 0 Å². The number of hydrogen-bond donors (Lipinski definition) is 1. The van der Waals surface area contributed by atoms with E-state index in [2.05, 4.69) is 26.1 Å². The summed E-state index contributed by atoms with van der Waals surface area (Å²) in [7, 11) is 0. The second-order valence-electron chi connectivity index (χ2n) is 4.88. The first-order chi connectivity index (χ1) is 4.54. The van der Waals surface area contributed by atoms with Crippen LogP contribution in [0.4, 0.5) is 0 Å². The molecule has 1 aliphatic carbocycles. The van der Waals surface area contributed by atoms with Crippen molar-refractivity contribution in [3.05, 3.63) is 0 Å². The molecule has 2 unspecified atom stereocenters. The monoisotopic (exact) mass is 139 g/mol. The maximum absolute atomic E-state index is 3.58. The van der Waals surface area contributed by atoms with Crippen molar-refractivity contribution in [2.75, 3.05) is 6.54 Å². The topological polar surface area (TPSA) is 12.0 Å². The van der Waals surface area contributed by atoms with Crippen molar-refractivity contribution in [2.45, 2.75) is 39.2 Å². The van der Waals surface area contributed by atoms with Gasteiger partial charge in [-0.15, -0.1) is 0 Å². The molecule has 1 N–H and O–H groups in total. The second kappa shape index (κ2) is 1.58. The zero-order chi connectivity index (χ0) is 7.41. The predicted molar refractivity (Wildman–Crippen MR) is 42.9 cm³/mol. The van der Waals surface area contributed by atoms with Crippen molar-refractivity contribution in [2.24, 2.45) is 11.3 Å². The summed E-state index contributed by atoms with van der Waals surface area (Å²) >= 11 is 0. The molecule has 0 aromatic rings. The van der Waals surface area contributed by atoms with Gasteiger partial charge in [-0.3, -0.25) is 0 Å². The molecule has 58 valence electrons. The van der Waals surface area contributed by atoms with Crippen LogP contribution in [0.15, 0.2) is 0 Å². The van der Waals surface area contributed by atoms with Gasteiger partial charge in [0.25, 0.3) is 0 Å². The van der Waals surface area contributed by atoms with Gasteiger partial charge in [0.15, 0.2) is 0 Å². The first kappa shape index (κ1) is 6.66. The van der Waals surface area contributed by atoms with Crippen molar-refractivity contribution in [3.8, 4) is 0 Å². The van der Waals surface area contributed by atoms with Crippen molar-refractivity contribution in [1.82, 2.24) is 5.32 Å². The molecule has 2 atom stereocenters. The fourth-order valence-corrected chi connectivity index (χ4v) is 2.46. The summed E-state index contributed by atoms with van der Waals surface area (Å²) in [6.45, 7) is 8.27. The standard InChI is InChI=1S/C9H17N/c1-7-4-9(7)5-8(2,3)10-6-9/h7,10H,4-6H2,1-3H3. The van der Waals surface area contributed by atoms with Crippen LogP contribution in [0.1, 0.15) is 33.6 Å². The molecule has 1 heterocycles. The Morgan fingerprint density at radius 2 is 2.00 bits per heavy atom. The van der Waals surface area contributed by atoms with Gasteiger partial charge in [0.1, 0.15) is 0 Å². The summed E-state index contributed by atoms with van der Waals surface area (Å²) in [5.74, 6) is 0.988. The minimum atomic E-state index is 0.421. The second-order valence-corrected chi connectivity index (χ2v) is 4.88. The summed E-state index contributed by atoms with van der Waals surface area (Å²) < 4.78 is 0. The average Bonchev–Trinajstić information content (AvgIpc) is 2.25. The summed E-state index contributed by atoms with van der Waals surface area (Å²) in [6.07, 6.45) is 2.85. The molecule has 1 heteroatoms. The highest BCUT2D eigenvalue weighted by molar-refractivity contribution is 5.10. The van der Waals surface area contributed by atoms with Gasteiger partial charge >= 0.3 is 0 Å². The number of nitrogens with one attached hydrogen (secondary N) is 1. The van der Waals surface area contributed by atoms with Crippen LogP contribution in [0, 0.1) is 11.3 Å². The number of hydrogen-bond acceptors (Lipinski definition) is 1. The lowest BCUT2D eigenvalue weighted by molar-refractivity contribution is 0.424. The third-order valence-electron chi connectivity index (χ3n) is 3.31. The molecular weight excluding hydrogens is 122 g/mol. The number of rotatable bonds is 0. The smallest absolute Gasteiger partial charge is 0.0131 e. The molecule has 1 saturated carbocycles. The van der Waals surface area contributed by atoms with Crippen LogP contribution in [0.2, 0.25) is 0 Å². The Kier molecular flexibility index (Phi) is 1.05. The van der Waals surface area contributed by atoms with Crippen LogP contribution in [0.5, 0.6) is 0 Å². The lowest BCUT2D eigenvalue weighted by Gasteiger charge is -2.17. The Morgan fingerprint density at radius 1 is 1.40 bits per heavy atom. The zero-order valence-electron chi connectivity index (χ0n) is 7.20. The Labute approximate surface area is 63.2 Å². The third kappa shape index (κ3) is 0.800. The van der Waals surface area contributed by atoms with E-state index in [0.29, 0.717) is 5.54 Å². The minimum absolute atomic E-state index is 0.421. The van der Waals surface area contributed by atoms with E-state index in [1.165, 1.54) is 19.4 Å². The normalized spacial score (nSPS) is 50.1. The zero-order valence-corrected chi connectivity index (χ0v) is 7.20. The molecule has 1 saturated heterocycles. The largest absolute Gasteiger partial charge is 0.311 e. The van der Waals surface area contributed by atoms with Crippen LogP contribution < -0.4 is 5.32 Å². The highest BCUT2D eigenvalue weighted by Gasteiger charge is 2.56. The Bertz CT molecular complexity index is 162. The fraction of sp³-hybridized carbons (Fsp3) is 1.00. The summed E-state index contributed by atoms with van der Waals surface area (Å²) in [4.78, 5) is 0. The lowest BCUT2D eigenvalue weighted by atomic mass is 9.93. The average molecular weight is 139 g/mol. The van der Waals surface area contributed by atoms with Gasteiger partial charge in [0, 0.05) is 12.1 Å². The van der Waals surface area contributed by atoms with Crippen LogP contribution in [-0.2, 0) is 0 Å². The van der Waals surface area contributed by atoms with E-state index in [-0.39, 0.29) is 0 Å². The van der Waals surface area contributed by atoms with Crippen LogP contribution >= 0.6 is 0 Å². The van der Waals surface area contributed by atoms with E-state index in [4.69, 9.17) is 0 Å².